The first-order valence-corrected chi connectivity index (χ1v) is 7.00. The molecule has 1 aromatic carbocycles. The van der Waals surface area contributed by atoms with E-state index in [-0.39, 0.29) is 12.1 Å². The van der Waals surface area contributed by atoms with E-state index in [4.69, 9.17) is 4.74 Å². The van der Waals surface area contributed by atoms with Gasteiger partial charge in [0.05, 0.1) is 18.8 Å². The van der Waals surface area contributed by atoms with E-state index < -0.39 is 17.7 Å². The molecular formula is C15H21F2NO2. The molecule has 112 valence electrons. The van der Waals surface area contributed by atoms with Crippen LogP contribution in [0.25, 0.3) is 0 Å². The van der Waals surface area contributed by atoms with Crippen molar-refractivity contribution in [1.29, 1.82) is 0 Å². The lowest BCUT2D eigenvalue weighted by Crippen LogP contribution is -2.44. The predicted octanol–water partition coefficient (Wildman–Crippen LogP) is 2.55. The average molecular weight is 285 g/mol. The lowest BCUT2D eigenvalue weighted by molar-refractivity contribution is 0.0729. The van der Waals surface area contributed by atoms with Crippen LogP contribution in [0.5, 0.6) is 0 Å². The first-order valence-electron chi connectivity index (χ1n) is 7.00. The first-order chi connectivity index (χ1) is 9.61. The van der Waals surface area contributed by atoms with Crippen LogP contribution in [0, 0.1) is 11.6 Å². The number of halogens is 2. The molecule has 1 saturated carbocycles. The zero-order chi connectivity index (χ0) is 14.5. The largest absolute Gasteiger partial charge is 0.392 e. The summed E-state index contributed by atoms with van der Waals surface area (Å²) in [6, 6.07) is 3.56. The summed E-state index contributed by atoms with van der Waals surface area (Å²) in [6.07, 6.45) is 3.35. The normalized spacial score (nSPS) is 24.6. The maximum absolute atomic E-state index is 13.3. The number of ether oxygens (including phenoxy) is 1. The van der Waals surface area contributed by atoms with Gasteiger partial charge < -0.3 is 15.2 Å². The van der Waals surface area contributed by atoms with E-state index in [1.807, 2.05) is 0 Å². The Balaban J connectivity index is 2.11. The van der Waals surface area contributed by atoms with Crippen molar-refractivity contribution >= 4 is 0 Å². The zero-order valence-corrected chi connectivity index (χ0v) is 11.6. The SMILES string of the molecule is COCC(NC1CCCCC1O)c1ccc(F)c(F)c1. The Morgan fingerprint density at radius 3 is 2.70 bits per heavy atom. The number of aliphatic hydroxyl groups is 1. The number of hydrogen-bond acceptors (Lipinski definition) is 3. The third-order valence-electron chi connectivity index (χ3n) is 3.82. The lowest BCUT2D eigenvalue weighted by atomic mass is 9.91. The zero-order valence-electron chi connectivity index (χ0n) is 11.6. The van der Waals surface area contributed by atoms with Gasteiger partial charge >= 0.3 is 0 Å². The highest BCUT2D eigenvalue weighted by molar-refractivity contribution is 5.21. The second-order valence-electron chi connectivity index (χ2n) is 5.31. The molecule has 3 atom stereocenters. The summed E-state index contributed by atoms with van der Waals surface area (Å²) in [6.45, 7) is 0.342. The molecule has 3 nitrogen and oxygen atoms in total. The van der Waals surface area contributed by atoms with Crippen LogP contribution < -0.4 is 5.32 Å². The molecule has 0 aliphatic heterocycles. The van der Waals surface area contributed by atoms with Crippen LogP contribution >= 0.6 is 0 Å². The maximum Gasteiger partial charge on any atom is 0.159 e. The molecule has 0 radical (unpaired) electrons. The number of benzene rings is 1. The van der Waals surface area contributed by atoms with Crippen molar-refractivity contribution in [2.75, 3.05) is 13.7 Å². The molecule has 5 heteroatoms. The van der Waals surface area contributed by atoms with Gasteiger partial charge in [-0.2, -0.15) is 0 Å². The molecule has 2 rings (SSSR count). The van der Waals surface area contributed by atoms with E-state index in [0.29, 0.717) is 12.2 Å². The minimum absolute atomic E-state index is 0.0305. The van der Waals surface area contributed by atoms with Crippen molar-refractivity contribution in [3.8, 4) is 0 Å². The smallest absolute Gasteiger partial charge is 0.159 e. The van der Waals surface area contributed by atoms with Gasteiger partial charge in [0.1, 0.15) is 0 Å². The highest BCUT2D eigenvalue weighted by Crippen LogP contribution is 2.23. The first kappa shape index (κ1) is 15.4. The van der Waals surface area contributed by atoms with E-state index in [1.54, 1.807) is 13.2 Å². The van der Waals surface area contributed by atoms with Crippen molar-refractivity contribution in [2.45, 2.75) is 43.9 Å². The summed E-state index contributed by atoms with van der Waals surface area (Å²) in [4.78, 5) is 0. The summed E-state index contributed by atoms with van der Waals surface area (Å²) < 4.78 is 31.5. The summed E-state index contributed by atoms with van der Waals surface area (Å²) in [7, 11) is 1.56. The lowest BCUT2D eigenvalue weighted by Gasteiger charge is -2.32. The Bertz CT molecular complexity index is 442. The Labute approximate surface area is 117 Å². The predicted molar refractivity (Wildman–Crippen MR) is 72.4 cm³/mol. The van der Waals surface area contributed by atoms with Gasteiger partial charge in [0, 0.05) is 13.2 Å². The van der Waals surface area contributed by atoms with Gasteiger partial charge in [-0.3, -0.25) is 0 Å². The maximum atomic E-state index is 13.3. The molecule has 1 aromatic rings. The fraction of sp³-hybridized carbons (Fsp3) is 0.600. The van der Waals surface area contributed by atoms with Gasteiger partial charge in [0.2, 0.25) is 0 Å². The summed E-state index contributed by atoms with van der Waals surface area (Å²) >= 11 is 0. The summed E-state index contributed by atoms with van der Waals surface area (Å²) in [5.74, 6) is -1.72. The quantitative estimate of drug-likeness (QED) is 0.873. The van der Waals surface area contributed by atoms with Gasteiger partial charge in [0.15, 0.2) is 11.6 Å². The molecule has 0 spiro atoms. The van der Waals surface area contributed by atoms with Crippen molar-refractivity contribution in [3.63, 3.8) is 0 Å². The molecule has 3 unspecified atom stereocenters. The minimum Gasteiger partial charge on any atom is -0.392 e. The van der Waals surface area contributed by atoms with E-state index >= 15 is 0 Å². The third-order valence-corrected chi connectivity index (χ3v) is 3.82. The monoisotopic (exact) mass is 285 g/mol. The topological polar surface area (TPSA) is 41.5 Å². The van der Waals surface area contributed by atoms with E-state index in [9.17, 15) is 13.9 Å². The second kappa shape index (κ2) is 7.11. The van der Waals surface area contributed by atoms with E-state index in [2.05, 4.69) is 5.32 Å². The summed E-state index contributed by atoms with van der Waals surface area (Å²) in [5, 5.41) is 13.3. The van der Waals surface area contributed by atoms with Crippen molar-refractivity contribution < 1.29 is 18.6 Å². The Morgan fingerprint density at radius 1 is 1.30 bits per heavy atom. The van der Waals surface area contributed by atoms with Crippen LogP contribution in [0.1, 0.15) is 37.3 Å². The molecule has 0 aromatic heterocycles. The third kappa shape index (κ3) is 3.75. The standard InChI is InChI=1S/C15H21F2NO2/c1-20-9-14(10-6-7-11(16)12(17)8-10)18-13-4-2-3-5-15(13)19/h6-8,13-15,18-19H,2-5,9H2,1H3. The molecule has 20 heavy (non-hydrogen) atoms. The van der Waals surface area contributed by atoms with Crippen molar-refractivity contribution in [1.82, 2.24) is 5.32 Å². The Morgan fingerprint density at radius 2 is 2.05 bits per heavy atom. The van der Waals surface area contributed by atoms with Gasteiger partial charge in [-0.1, -0.05) is 18.9 Å². The number of rotatable bonds is 5. The van der Waals surface area contributed by atoms with Crippen LogP contribution in [-0.4, -0.2) is 31.0 Å². The van der Waals surface area contributed by atoms with Crippen molar-refractivity contribution in [3.05, 3.63) is 35.4 Å². The molecule has 0 saturated heterocycles. The molecule has 1 aliphatic rings. The minimum atomic E-state index is -0.866. The molecule has 0 heterocycles. The van der Waals surface area contributed by atoms with Gasteiger partial charge in [-0.05, 0) is 30.5 Å². The van der Waals surface area contributed by atoms with Crippen LogP contribution in [0.2, 0.25) is 0 Å². The van der Waals surface area contributed by atoms with Crippen LogP contribution in [0.15, 0.2) is 18.2 Å². The molecule has 1 fully saturated rings. The van der Waals surface area contributed by atoms with Gasteiger partial charge in [0.25, 0.3) is 0 Å². The van der Waals surface area contributed by atoms with Crippen LogP contribution in [-0.2, 0) is 4.74 Å². The highest BCUT2D eigenvalue weighted by atomic mass is 19.2. The van der Waals surface area contributed by atoms with Crippen LogP contribution in [0.4, 0.5) is 8.78 Å². The second-order valence-corrected chi connectivity index (χ2v) is 5.31. The fourth-order valence-electron chi connectivity index (χ4n) is 2.70. The van der Waals surface area contributed by atoms with Crippen molar-refractivity contribution in [2.24, 2.45) is 0 Å². The highest BCUT2D eigenvalue weighted by Gasteiger charge is 2.26. The number of aliphatic hydroxyl groups excluding tert-OH is 1. The molecule has 2 N–H and O–H groups in total. The average Bonchev–Trinajstić information content (AvgIpc) is 2.44. The fourth-order valence-corrected chi connectivity index (χ4v) is 2.70. The Kier molecular flexibility index (Phi) is 5.46. The molecule has 1 aliphatic carbocycles. The number of hydrogen-bond donors (Lipinski definition) is 2. The number of methoxy groups -OCH3 is 1. The molecule has 0 amide bonds. The molecule has 0 bridgehead atoms. The van der Waals surface area contributed by atoms with Crippen LogP contribution in [0.3, 0.4) is 0 Å². The summed E-state index contributed by atoms with van der Waals surface area (Å²) in [5.41, 5.74) is 0.628. The van der Waals surface area contributed by atoms with E-state index in [1.165, 1.54) is 6.07 Å². The Hall–Kier alpha value is -1.04. The van der Waals surface area contributed by atoms with Gasteiger partial charge in [-0.15, -0.1) is 0 Å². The number of nitrogens with one attached hydrogen (secondary N) is 1. The van der Waals surface area contributed by atoms with E-state index in [0.717, 1.165) is 31.7 Å². The van der Waals surface area contributed by atoms with Gasteiger partial charge in [-0.25, -0.2) is 8.78 Å². The molecular weight excluding hydrogens is 264 g/mol.